The molecule has 1 radical (unpaired) electrons. The third-order valence-electron chi connectivity index (χ3n) is 4.89. The van der Waals surface area contributed by atoms with Crippen LogP contribution >= 0.6 is 0 Å². The van der Waals surface area contributed by atoms with Crippen LogP contribution in [0.15, 0.2) is 0 Å². The molecule has 0 N–H and O–H groups in total. The highest BCUT2D eigenvalue weighted by Crippen LogP contribution is 2.39. The summed E-state index contributed by atoms with van der Waals surface area (Å²) in [5, 5.41) is 0. The van der Waals surface area contributed by atoms with E-state index in [1.807, 2.05) is 0 Å². The average Bonchev–Trinajstić information content (AvgIpc) is 2.29. The van der Waals surface area contributed by atoms with Gasteiger partial charge in [0.2, 0.25) is 0 Å². The Bertz CT molecular complexity index is 173. The fourth-order valence-electron chi connectivity index (χ4n) is 3.02. The van der Waals surface area contributed by atoms with E-state index in [1.54, 1.807) is 0 Å². The predicted molar refractivity (Wildman–Crippen MR) is 73.4 cm³/mol. The van der Waals surface area contributed by atoms with Gasteiger partial charge >= 0.3 is 0 Å². The lowest BCUT2D eigenvalue weighted by molar-refractivity contribution is 0.204. The Morgan fingerprint density at radius 3 is 1.94 bits per heavy atom. The van der Waals surface area contributed by atoms with Crippen molar-refractivity contribution in [2.45, 2.75) is 85.0 Å². The van der Waals surface area contributed by atoms with Crippen molar-refractivity contribution in [1.29, 1.82) is 0 Å². The average molecular weight is 223 g/mol. The highest BCUT2D eigenvalue weighted by atomic mass is 14.3. The van der Waals surface area contributed by atoms with E-state index in [-0.39, 0.29) is 0 Å². The SMILES string of the molecule is C[CH]C1(C)CCCCCCCCCCC1C. The first-order chi connectivity index (χ1) is 7.69. The minimum absolute atomic E-state index is 0.499. The Morgan fingerprint density at radius 2 is 1.38 bits per heavy atom. The molecule has 2 atom stereocenters. The van der Waals surface area contributed by atoms with Crippen LogP contribution < -0.4 is 0 Å². The van der Waals surface area contributed by atoms with Crippen molar-refractivity contribution >= 4 is 0 Å². The molecule has 0 heterocycles. The summed E-state index contributed by atoms with van der Waals surface area (Å²) in [5.74, 6) is 0.872. The Hall–Kier alpha value is 0. The van der Waals surface area contributed by atoms with Gasteiger partial charge in [0.25, 0.3) is 0 Å². The van der Waals surface area contributed by atoms with Crippen molar-refractivity contribution in [2.75, 3.05) is 0 Å². The Balaban J connectivity index is 2.47. The second kappa shape index (κ2) is 7.35. The molecule has 1 saturated carbocycles. The molecular formula is C16H31. The first-order valence-electron chi connectivity index (χ1n) is 7.49. The van der Waals surface area contributed by atoms with Crippen LogP contribution in [-0.4, -0.2) is 0 Å². The van der Waals surface area contributed by atoms with Crippen LogP contribution in [-0.2, 0) is 0 Å². The monoisotopic (exact) mass is 223 g/mol. The molecule has 95 valence electrons. The zero-order valence-corrected chi connectivity index (χ0v) is 11.7. The second-order valence-electron chi connectivity index (χ2n) is 6.06. The molecule has 1 fully saturated rings. The molecular weight excluding hydrogens is 192 g/mol. The molecule has 0 aliphatic heterocycles. The number of hydrogen-bond acceptors (Lipinski definition) is 0. The highest BCUT2D eigenvalue weighted by molar-refractivity contribution is 4.89. The summed E-state index contributed by atoms with van der Waals surface area (Å²) in [5.41, 5.74) is 0.499. The van der Waals surface area contributed by atoms with Crippen LogP contribution in [0.1, 0.15) is 85.0 Å². The lowest BCUT2D eigenvalue weighted by Gasteiger charge is -2.35. The fourth-order valence-corrected chi connectivity index (χ4v) is 3.02. The summed E-state index contributed by atoms with van der Waals surface area (Å²) in [6, 6.07) is 0. The minimum atomic E-state index is 0.499. The predicted octanol–water partition coefficient (Wildman–Crippen LogP) is 5.77. The van der Waals surface area contributed by atoms with Gasteiger partial charge in [0.15, 0.2) is 0 Å². The largest absolute Gasteiger partial charge is 0.0620 e. The fraction of sp³-hybridized carbons (Fsp3) is 0.938. The van der Waals surface area contributed by atoms with Gasteiger partial charge in [0.1, 0.15) is 0 Å². The van der Waals surface area contributed by atoms with E-state index in [1.165, 1.54) is 64.2 Å². The molecule has 1 aliphatic carbocycles. The lowest BCUT2D eigenvalue weighted by atomic mass is 9.70. The summed E-state index contributed by atoms with van der Waals surface area (Å²) < 4.78 is 0. The van der Waals surface area contributed by atoms with Gasteiger partial charge in [-0.2, -0.15) is 0 Å². The van der Waals surface area contributed by atoms with Gasteiger partial charge in [-0.15, -0.1) is 0 Å². The Labute approximate surface area is 103 Å². The highest BCUT2D eigenvalue weighted by Gasteiger charge is 2.28. The first-order valence-corrected chi connectivity index (χ1v) is 7.49. The van der Waals surface area contributed by atoms with Crippen LogP contribution in [0.3, 0.4) is 0 Å². The second-order valence-corrected chi connectivity index (χ2v) is 6.06. The van der Waals surface area contributed by atoms with Gasteiger partial charge in [0.05, 0.1) is 0 Å². The van der Waals surface area contributed by atoms with Crippen LogP contribution in [0, 0.1) is 17.8 Å². The van der Waals surface area contributed by atoms with Gasteiger partial charge in [0, 0.05) is 0 Å². The van der Waals surface area contributed by atoms with E-state index >= 15 is 0 Å². The van der Waals surface area contributed by atoms with E-state index in [0.29, 0.717) is 5.41 Å². The van der Waals surface area contributed by atoms with Crippen molar-refractivity contribution < 1.29 is 0 Å². The van der Waals surface area contributed by atoms with E-state index in [9.17, 15) is 0 Å². The van der Waals surface area contributed by atoms with Crippen LogP contribution in [0.2, 0.25) is 0 Å². The van der Waals surface area contributed by atoms with E-state index in [0.717, 1.165) is 5.92 Å². The maximum Gasteiger partial charge on any atom is -0.0272 e. The first kappa shape index (κ1) is 14.1. The quantitative estimate of drug-likeness (QED) is 0.529. The van der Waals surface area contributed by atoms with Crippen molar-refractivity contribution in [1.82, 2.24) is 0 Å². The molecule has 1 aliphatic rings. The summed E-state index contributed by atoms with van der Waals surface area (Å²) in [7, 11) is 0. The van der Waals surface area contributed by atoms with Gasteiger partial charge in [-0.1, -0.05) is 78.6 Å². The smallest absolute Gasteiger partial charge is 0.0272 e. The summed E-state index contributed by atoms with van der Waals surface area (Å²) in [6.07, 6.45) is 17.0. The zero-order valence-electron chi connectivity index (χ0n) is 11.7. The molecule has 0 bridgehead atoms. The lowest BCUT2D eigenvalue weighted by Crippen LogP contribution is -2.25. The normalized spacial score (nSPS) is 35.1. The van der Waals surface area contributed by atoms with Crippen molar-refractivity contribution in [2.24, 2.45) is 11.3 Å². The van der Waals surface area contributed by atoms with Crippen LogP contribution in [0.5, 0.6) is 0 Å². The van der Waals surface area contributed by atoms with E-state index < -0.39 is 0 Å². The van der Waals surface area contributed by atoms with Gasteiger partial charge in [-0.05, 0) is 24.2 Å². The molecule has 0 saturated heterocycles. The molecule has 0 heteroatoms. The molecule has 0 aromatic rings. The number of rotatable bonds is 1. The van der Waals surface area contributed by atoms with Gasteiger partial charge in [-0.25, -0.2) is 0 Å². The number of hydrogen-bond donors (Lipinski definition) is 0. The molecule has 0 amide bonds. The topological polar surface area (TPSA) is 0 Å². The summed E-state index contributed by atoms with van der Waals surface area (Å²) >= 11 is 0. The molecule has 0 nitrogen and oxygen atoms in total. The van der Waals surface area contributed by atoms with Gasteiger partial charge < -0.3 is 0 Å². The van der Waals surface area contributed by atoms with Gasteiger partial charge in [-0.3, -0.25) is 0 Å². The third kappa shape index (κ3) is 4.47. The van der Waals surface area contributed by atoms with Crippen molar-refractivity contribution in [3.63, 3.8) is 0 Å². The molecule has 2 unspecified atom stereocenters. The molecule has 16 heavy (non-hydrogen) atoms. The van der Waals surface area contributed by atoms with Crippen molar-refractivity contribution in [3.8, 4) is 0 Å². The maximum atomic E-state index is 2.48. The summed E-state index contributed by atoms with van der Waals surface area (Å²) in [6.45, 7) is 7.21. The zero-order chi connectivity index (χ0) is 11.9. The van der Waals surface area contributed by atoms with Crippen molar-refractivity contribution in [3.05, 3.63) is 6.42 Å². The van der Waals surface area contributed by atoms with E-state index in [2.05, 4.69) is 27.2 Å². The summed E-state index contributed by atoms with van der Waals surface area (Å²) in [4.78, 5) is 0. The minimum Gasteiger partial charge on any atom is -0.0620 e. The van der Waals surface area contributed by atoms with Crippen LogP contribution in [0.4, 0.5) is 0 Å². The van der Waals surface area contributed by atoms with E-state index in [4.69, 9.17) is 0 Å². The Morgan fingerprint density at radius 1 is 0.875 bits per heavy atom. The molecule has 0 aromatic heterocycles. The molecule has 0 aromatic carbocycles. The maximum absolute atomic E-state index is 2.48. The molecule has 0 spiro atoms. The molecule has 1 rings (SSSR count). The van der Waals surface area contributed by atoms with Crippen LogP contribution in [0.25, 0.3) is 0 Å². The standard InChI is InChI=1S/C16H31/c1-4-16(3)14-12-10-8-6-5-7-9-11-13-15(16)2/h4,15H,5-14H2,1-3H3. The third-order valence-corrected chi connectivity index (χ3v) is 4.89. The Kier molecular flexibility index (Phi) is 6.46.